The van der Waals surface area contributed by atoms with Crippen molar-refractivity contribution < 1.29 is 9.90 Å². The molecule has 3 nitrogen and oxygen atoms in total. The van der Waals surface area contributed by atoms with E-state index < -0.39 is 0 Å². The molecule has 0 bridgehead atoms. The Balaban J connectivity index is 1.88. The Kier molecular flexibility index (Phi) is 1.60. The van der Waals surface area contributed by atoms with E-state index in [1.807, 2.05) is 4.90 Å². The summed E-state index contributed by atoms with van der Waals surface area (Å²) in [5, 5.41) is 8.81. The van der Waals surface area contributed by atoms with Crippen molar-refractivity contribution in [1.82, 2.24) is 4.90 Å². The van der Waals surface area contributed by atoms with Gasteiger partial charge in [-0.25, -0.2) is 0 Å². The molecule has 1 N–H and O–H groups in total. The van der Waals surface area contributed by atoms with Crippen molar-refractivity contribution in [2.75, 3.05) is 13.2 Å². The molecule has 1 heterocycles. The third kappa shape index (κ3) is 1.13. The number of nitrogens with zero attached hydrogens (tertiary/aromatic N) is 1. The van der Waals surface area contributed by atoms with E-state index in [1.165, 1.54) is 0 Å². The van der Waals surface area contributed by atoms with Gasteiger partial charge in [0.1, 0.15) is 0 Å². The van der Waals surface area contributed by atoms with Gasteiger partial charge >= 0.3 is 0 Å². The summed E-state index contributed by atoms with van der Waals surface area (Å²) in [6, 6.07) is 0.142. The van der Waals surface area contributed by atoms with Crippen LogP contribution in [0, 0.1) is 5.92 Å². The minimum absolute atomic E-state index is 0.137. The van der Waals surface area contributed by atoms with Crippen LogP contribution in [0.15, 0.2) is 0 Å². The van der Waals surface area contributed by atoms with Crippen LogP contribution in [-0.2, 0) is 4.79 Å². The van der Waals surface area contributed by atoms with E-state index in [0.29, 0.717) is 5.92 Å². The van der Waals surface area contributed by atoms with Gasteiger partial charge in [0, 0.05) is 12.5 Å². The zero-order valence-electron chi connectivity index (χ0n) is 6.49. The zero-order valence-corrected chi connectivity index (χ0v) is 6.49. The Morgan fingerprint density at radius 2 is 2.18 bits per heavy atom. The molecule has 3 heteroatoms. The lowest BCUT2D eigenvalue weighted by Crippen LogP contribution is -2.53. The third-order valence-electron chi connectivity index (χ3n) is 2.56. The number of aliphatic hydroxyl groups is 1. The number of rotatable bonds is 2. The van der Waals surface area contributed by atoms with Crippen molar-refractivity contribution >= 4 is 5.91 Å². The number of hydrogen-bond donors (Lipinski definition) is 1. The second kappa shape index (κ2) is 2.48. The highest BCUT2D eigenvalue weighted by molar-refractivity contribution is 5.82. The summed E-state index contributed by atoms with van der Waals surface area (Å²) in [5.74, 6) is 0.583. The van der Waals surface area contributed by atoms with Gasteiger partial charge in [-0.15, -0.1) is 0 Å². The average Bonchev–Trinajstić information content (AvgIpc) is 2.66. The van der Waals surface area contributed by atoms with Crippen LogP contribution in [0.2, 0.25) is 0 Å². The molecule has 2 fully saturated rings. The van der Waals surface area contributed by atoms with Crippen LogP contribution in [0.1, 0.15) is 19.3 Å². The van der Waals surface area contributed by atoms with Crippen molar-refractivity contribution in [2.24, 2.45) is 5.92 Å². The van der Waals surface area contributed by atoms with Gasteiger partial charge < -0.3 is 10.0 Å². The molecule has 0 aromatic rings. The first kappa shape index (κ1) is 7.10. The summed E-state index contributed by atoms with van der Waals surface area (Å²) in [7, 11) is 0. The van der Waals surface area contributed by atoms with Crippen molar-refractivity contribution in [3.05, 3.63) is 0 Å². The molecule has 0 aromatic carbocycles. The Hall–Kier alpha value is -0.570. The molecule has 0 aromatic heterocycles. The fraction of sp³-hybridized carbons (Fsp3) is 0.875. The van der Waals surface area contributed by atoms with E-state index in [0.717, 1.165) is 25.8 Å². The summed E-state index contributed by atoms with van der Waals surface area (Å²) in [4.78, 5) is 13.2. The molecular formula is C8H13NO2. The molecule has 1 saturated heterocycles. The normalized spacial score (nSPS) is 29.9. The molecule has 0 unspecified atom stereocenters. The molecule has 1 aliphatic heterocycles. The first-order valence-electron chi connectivity index (χ1n) is 4.24. The highest BCUT2D eigenvalue weighted by atomic mass is 16.3. The number of likely N-dealkylation sites (tertiary alicyclic amines) is 1. The van der Waals surface area contributed by atoms with Gasteiger partial charge in [0.15, 0.2) is 0 Å². The minimum Gasteiger partial charge on any atom is -0.394 e. The highest BCUT2D eigenvalue weighted by Crippen LogP contribution is 2.33. The monoisotopic (exact) mass is 155 g/mol. The topological polar surface area (TPSA) is 40.5 Å². The third-order valence-corrected chi connectivity index (χ3v) is 2.56. The molecule has 1 aliphatic carbocycles. The van der Waals surface area contributed by atoms with Gasteiger partial charge in [0.2, 0.25) is 5.91 Å². The summed E-state index contributed by atoms with van der Waals surface area (Å²) >= 11 is 0. The maximum absolute atomic E-state index is 11.4. The van der Waals surface area contributed by atoms with Crippen LogP contribution in [-0.4, -0.2) is 35.1 Å². The molecule has 11 heavy (non-hydrogen) atoms. The molecule has 0 radical (unpaired) electrons. The number of hydrogen-bond acceptors (Lipinski definition) is 2. The van der Waals surface area contributed by atoms with Crippen LogP contribution in [0.4, 0.5) is 0 Å². The Labute approximate surface area is 66.0 Å². The second-order valence-corrected chi connectivity index (χ2v) is 3.43. The number of amides is 1. The van der Waals surface area contributed by atoms with E-state index >= 15 is 0 Å². The maximum Gasteiger partial charge on any atom is 0.226 e. The van der Waals surface area contributed by atoms with Crippen LogP contribution < -0.4 is 0 Å². The summed E-state index contributed by atoms with van der Waals surface area (Å²) < 4.78 is 0. The molecule has 1 atom stereocenters. The predicted molar refractivity (Wildman–Crippen MR) is 39.9 cm³/mol. The predicted octanol–water partition coefficient (Wildman–Crippen LogP) is -0.0104. The van der Waals surface area contributed by atoms with Crippen molar-refractivity contribution in [3.8, 4) is 0 Å². The van der Waals surface area contributed by atoms with E-state index in [4.69, 9.17) is 5.11 Å². The molecule has 1 amide bonds. The molecule has 1 saturated carbocycles. The summed E-state index contributed by atoms with van der Waals surface area (Å²) in [6.45, 7) is 0.999. The lowest BCUT2D eigenvalue weighted by atomic mass is 10.0. The average molecular weight is 155 g/mol. The smallest absolute Gasteiger partial charge is 0.226 e. The lowest BCUT2D eigenvalue weighted by molar-refractivity contribution is -0.141. The Morgan fingerprint density at radius 1 is 1.45 bits per heavy atom. The molecular weight excluding hydrogens is 142 g/mol. The first-order chi connectivity index (χ1) is 5.33. The standard InChI is InChI=1S/C8H13NO2/c10-5-7-3-4-9(7)8(11)6-1-2-6/h6-7,10H,1-5H2/t7-/m1/s1. The van der Waals surface area contributed by atoms with Crippen molar-refractivity contribution in [2.45, 2.75) is 25.3 Å². The number of carbonyl (C=O) groups excluding carboxylic acids is 1. The molecule has 62 valence electrons. The van der Waals surface area contributed by atoms with E-state index in [1.54, 1.807) is 0 Å². The molecule has 2 aliphatic rings. The van der Waals surface area contributed by atoms with Gasteiger partial charge in [-0.2, -0.15) is 0 Å². The van der Waals surface area contributed by atoms with Gasteiger partial charge in [0.25, 0.3) is 0 Å². The quantitative estimate of drug-likeness (QED) is 0.609. The number of carbonyl (C=O) groups is 1. The largest absolute Gasteiger partial charge is 0.394 e. The molecule has 0 spiro atoms. The SMILES string of the molecule is O=C(C1CC1)N1CC[C@@H]1CO. The van der Waals surface area contributed by atoms with E-state index in [2.05, 4.69) is 0 Å². The zero-order chi connectivity index (χ0) is 7.84. The van der Waals surface area contributed by atoms with Crippen LogP contribution in [0.5, 0.6) is 0 Å². The fourth-order valence-corrected chi connectivity index (χ4v) is 1.49. The van der Waals surface area contributed by atoms with Gasteiger partial charge in [-0.05, 0) is 19.3 Å². The maximum atomic E-state index is 11.4. The Bertz CT molecular complexity index is 175. The number of aliphatic hydroxyl groups excluding tert-OH is 1. The van der Waals surface area contributed by atoms with Crippen molar-refractivity contribution in [1.29, 1.82) is 0 Å². The highest BCUT2D eigenvalue weighted by Gasteiger charge is 2.39. The lowest BCUT2D eigenvalue weighted by Gasteiger charge is -2.40. The minimum atomic E-state index is 0.137. The summed E-state index contributed by atoms with van der Waals surface area (Å²) in [6.07, 6.45) is 3.11. The van der Waals surface area contributed by atoms with Crippen LogP contribution in [0.25, 0.3) is 0 Å². The molecule has 2 rings (SSSR count). The Morgan fingerprint density at radius 3 is 2.55 bits per heavy atom. The fourth-order valence-electron chi connectivity index (χ4n) is 1.49. The van der Waals surface area contributed by atoms with Crippen LogP contribution in [0.3, 0.4) is 0 Å². The van der Waals surface area contributed by atoms with E-state index in [-0.39, 0.29) is 18.6 Å². The first-order valence-corrected chi connectivity index (χ1v) is 4.24. The van der Waals surface area contributed by atoms with Gasteiger partial charge in [0.05, 0.1) is 12.6 Å². The van der Waals surface area contributed by atoms with Gasteiger partial charge in [-0.1, -0.05) is 0 Å². The van der Waals surface area contributed by atoms with Gasteiger partial charge in [-0.3, -0.25) is 4.79 Å². The second-order valence-electron chi connectivity index (χ2n) is 3.43. The van der Waals surface area contributed by atoms with Crippen LogP contribution >= 0.6 is 0 Å². The van der Waals surface area contributed by atoms with E-state index in [9.17, 15) is 4.79 Å². The summed E-state index contributed by atoms with van der Waals surface area (Å²) in [5.41, 5.74) is 0. The van der Waals surface area contributed by atoms with Crippen molar-refractivity contribution in [3.63, 3.8) is 0 Å².